The summed E-state index contributed by atoms with van der Waals surface area (Å²) in [6.45, 7) is 18.9. The van der Waals surface area contributed by atoms with Crippen LogP contribution in [0, 0.1) is 0 Å². The van der Waals surface area contributed by atoms with Gasteiger partial charge in [-0.05, 0) is 28.5 Å². The van der Waals surface area contributed by atoms with Gasteiger partial charge in [0.15, 0.2) is 0 Å². The third kappa shape index (κ3) is 4.68. The Bertz CT molecular complexity index is 198. The van der Waals surface area contributed by atoms with Gasteiger partial charge in [-0.1, -0.05) is 69.4 Å². The van der Waals surface area contributed by atoms with Crippen molar-refractivity contribution in [3.63, 3.8) is 0 Å². The van der Waals surface area contributed by atoms with Crippen LogP contribution in [0.3, 0.4) is 0 Å². The maximum atomic E-state index is 2.46. The summed E-state index contributed by atoms with van der Waals surface area (Å²) in [5.74, 6) is 0. The summed E-state index contributed by atoms with van der Waals surface area (Å²) in [7, 11) is -0.0511. The highest BCUT2D eigenvalue weighted by molar-refractivity contribution is 7.65. The lowest BCUT2D eigenvalue weighted by atomic mass is 10.2. The third-order valence-corrected chi connectivity index (χ3v) is 6.19. The molecule has 0 aliphatic carbocycles. The third-order valence-electron chi connectivity index (χ3n) is 2.43. The number of hydrogen-bond donors (Lipinski definition) is 0. The normalized spacial score (nSPS) is 14.9. The second kappa shape index (κ2) is 5.48. The summed E-state index contributed by atoms with van der Waals surface area (Å²) in [5.41, 5.74) is 0. The van der Waals surface area contributed by atoms with E-state index in [0.29, 0.717) is 10.3 Å². The molecule has 0 aromatic rings. The molecular weight excluding hydrogens is 199 g/mol. The van der Waals surface area contributed by atoms with Crippen molar-refractivity contribution in [2.45, 2.75) is 78.5 Å². The van der Waals surface area contributed by atoms with Gasteiger partial charge in [-0.15, -0.1) is 0 Å². The molecule has 90 valence electrons. The summed E-state index contributed by atoms with van der Waals surface area (Å²) in [5, 5.41) is 2.54. The zero-order valence-electron chi connectivity index (χ0n) is 11.9. The Labute approximate surface area is 98.3 Å². The first kappa shape index (κ1) is 15.2. The highest BCUT2D eigenvalue weighted by Crippen LogP contribution is 2.65. The van der Waals surface area contributed by atoms with Gasteiger partial charge in [0.1, 0.15) is 0 Å². The molecular formula is C14H29P. The topological polar surface area (TPSA) is 0 Å². The van der Waals surface area contributed by atoms with Crippen molar-refractivity contribution in [1.82, 2.24) is 0 Å². The zero-order chi connectivity index (χ0) is 12.3. The van der Waals surface area contributed by atoms with Gasteiger partial charge < -0.3 is 0 Å². The fraction of sp³-hybridized carbons (Fsp3) is 0.857. The Morgan fingerprint density at radius 1 is 0.933 bits per heavy atom. The lowest BCUT2D eigenvalue weighted by molar-refractivity contribution is 0.708. The van der Waals surface area contributed by atoms with Crippen LogP contribution in [-0.4, -0.2) is 10.3 Å². The van der Waals surface area contributed by atoms with Gasteiger partial charge in [0.05, 0.1) is 0 Å². The van der Waals surface area contributed by atoms with E-state index in [0.717, 1.165) is 0 Å². The molecule has 0 aromatic heterocycles. The van der Waals surface area contributed by atoms with E-state index in [1.165, 1.54) is 12.8 Å². The quantitative estimate of drug-likeness (QED) is 0.538. The number of allylic oxidation sites excluding steroid dienone is 2. The van der Waals surface area contributed by atoms with Crippen LogP contribution in [0.15, 0.2) is 11.4 Å². The highest BCUT2D eigenvalue weighted by Gasteiger charge is 2.35. The molecule has 0 unspecified atom stereocenters. The molecule has 0 radical (unpaired) electrons. The first-order valence-corrected chi connectivity index (χ1v) is 7.48. The molecule has 0 N–H and O–H groups in total. The lowest BCUT2D eigenvalue weighted by Gasteiger charge is -2.43. The van der Waals surface area contributed by atoms with Crippen LogP contribution in [-0.2, 0) is 0 Å². The lowest BCUT2D eigenvalue weighted by Crippen LogP contribution is -2.25. The predicted molar refractivity (Wildman–Crippen MR) is 75.1 cm³/mol. The summed E-state index contributed by atoms with van der Waals surface area (Å²) in [6, 6.07) is 0. The van der Waals surface area contributed by atoms with E-state index in [2.05, 4.69) is 61.5 Å². The van der Waals surface area contributed by atoms with Crippen LogP contribution in [0.2, 0.25) is 0 Å². The Hall–Kier alpha value is 0.170. The predicted octanol–water partition coefficient (Wildman–Crippen LogP) is 5.77. The van der Waals surface area contributed by atoms with E-state index in [4.69, 9.17) is 0 Å². The van der Waals surface area contributed by atoms with Gasteiger partial charge in [0.2, 0.25) is 0 Å². The van der Waals surface area contributed by atoms with Gasteiger partial charge in [0, 0.05) is 0 Å². The molecule has 0 aromatic carbocycles. The standard InChI is InChI=1S/C14H29P/c1-9-11-12(10-2)15(13(3,4)5)14(6,7)8/h11H,9-10H2,1-8H3. The number of rotatable bonds is 3. The highest BCUT2D eigenvalue weighted by atomic mass is 31.1. The van der Waals surface area contributed by atoms with Crippen molar-refractivity contribution >= 4 is 7.92 Å². The fourth-order valence-electron chi connectivity index (χ4n) is 2.50. The Kier molecular flexibility index (Phi) is 5.55. The second-order valence-electron chi connectivity index (χ2n) is 6.13. The van der Waals surface area contributed by atoms with Crippen molar-refractivity contribution in [3.05, 3.63) is 11.4 Å². The molecule has 0 fully saturated rings. The molecule has 0 saturated heterocycles. The maximum absolute atomic E-state index is 2.46. The van der Waals surface area contributed by atoms with Gasteiger partial charge in [0.25, 0.3) is 0 Å². The van der Waals surface area contributed by atoms with Crippen molar-refractivity contribution in [1.29, 1.82) is 0 Å². The molecule has 0 amide bonds. The van der Waals surface area contributed by atoms with Crippen molar-refractivity contribution in [2.24, 2.45) is 0 Å². The van der Waals surface area contributed by atoms with Crippen molar-refractivity contribution in [2.75, 3.05) is 0 Å². The van der Waals surface area contributed by atoms with Crippen LogP contribution in [0.4, 0.5) is 0 Å². The fourth-order valence-corrected chi connectivity index (χ4v) is 6.91. The first-order chi connectivity index (χ1) is 6.64. The van der Waals surface area contributed by atoms with E-state index in [-0.39, 0.29) is 7.92 Å². The Balaban J connectivity index is 5.20. The summed E-state index contributed by atoms with van der Waals surface area (Å²) in [4.78, 5) is 0. The SMILES string of the molecule is CCC=C(CC)P(C(C)(C)C)C(C)(C)C. The largest absolute Gasteiger partial charge is 0.0811 e. The Morgan fingerprint density at radius 2 is 1.33 bits per heavy atom. The molecule has 15 heavy (non-hydrogen) atoms. The molecule has 0 nitrogen and oxygen atoms in total. The molecule has 0 rings (SSSR count). The monoisotopic (exact) mass is 228 g/mol. The minimum Gasteiger partial charge on any atom is -0.0811 e. The summed E-state index contributed by atoms with van der Waals surface area (Å²) < 4.78 is 0. The summed E-state index contributed by atoms with van der Waals surface area (Å²) >= 11 is 0. The van der Waals surface area contributed by atoms with E-state index < -0.39 is 0 Å². The second-order valence-corrected chi connectivity index (χ2v) is 10.1. The molecule has 0 atom stereocenters. The first-order valence-electron chi connectivity index (χ1n) is 6.14. The summed E-state index contributed by atoms with van der Waals surface area (Å²) in [6.07, 6.45) is 4.85. The molecule has 0 heterocycles. The minimum absolute atomic E-state index is 0.0511. The van der Waals surface area contributed by atoms with E-state index in [9.17, 15) is 0 Å². The smallest absolute Gasteiger partial charge is 0.0138 e. The molecule has 1 heteroatoms. The van der Waals surface area contributed by atoms with Crippen LogP contribution >= 0.6 is 7.92 Å². The maximum Gasteiger partial charge on any atom is -0.0138 e. The Morgan fingerprint density at radius 3 is 1.53 bits per heavy atom. The molecule has 0 aliphatic heterocycles. The molecule has 0 bridgehead atoms. The zero-order valence-corrected chi connectivity index (χ0v) is 12.8. The van der Waals surface area contributed by atoms with Gasteiger partial charge >= 0.3 is 0 Å². The van der Waals surface area contributed by atoms with Crippen molar-refractivity contribution in [3.8, 4) is 0 Å². The van der Waals surface area contributed by atoms with Crippen LogP contribution in [0.25, 0.3) is 0 Å². The number of hydrogen-bond acceptors (Lipinski definition) is 0. The average molecular weight is 228 g/mol. The molecule has 0 aliphatic rings. The van der Waals surface area contributed by atoms with Gasteiger partial charge in [-0.2, -0.15) is 0 Å². The average Bonchev–Trinajstić information content (AvgIpc) is 1.98. The van der Waals surface area contributed by atoms with Gasteiger partial charge in [-0.3, -0.25) is 0 Å². The molecule has 0 spiro atoms. The van der Waals surface area contributed by atoms with E-state index >= 15 is 0 Å². The minimum atomic E-state index is -0.0511. The van der Waals surface area contributed by atoms with Crippen LogP contribution < -0.4 is 0 Å². The van der Waals surface area contributed by atoms with Crippen LogP contribution in [0.5, 0.6) is 0 Å². The van der Waals surface area contributed by atoms with Gasteiger partial charge in [-0.25, -0.2) is 0 Å². The molecule has 0 saturated carbocycles. The van der Waals surface area contributed by atoms with Crippen molar-refractivity contribution < 1.29 is 0 Å². The van der Waals surface area contributed by atoms with E-state index in [1.54, 1.807) is 5.31 Å². The van der Waals surface area contributed by atoms with Crippen LogP contribution in [0.1, 0.15) is 68.2 Å². The van der Waals surface area contributed by atoms with E-state index in [1.807, 2.05) is 0 Å².